The second-order valence-corrected chi connectivity index (χ2v) is 9.52. The minimum atomic E-state index is -0.621. The molecule has 5 N–H and O–H groups in total. The maximum absolute atomic E-state index is 14.9. The van der Waals surface area contributed by atoms with Crippen molar-refractivity contribution < 1.29 is 14.0 Å². The van der Waals surface area contributed by atoms with Crippen LogP contribution in [0.25, 0.3) is 0 Å². The smallest absolute Gasteiger partial charge is 0.243 e. The second-order valence-electron chi connectivity index (χ2n) is 9.52. The predicted octanol–water partition coefficient (Wildman–Crippen LogP) is 1.07. The fourth-order valence-corrected chi connectivity index (χ4v) is 5.26. The molecule has 3 aliphatic heterocycles. The number of halogens is 1. The maximum Gasteiger partial charge on any atom is 0.243 e. The van der Waals surface area contributed by atoms with Crippen molar-refractivity contribution in [1.29, 1.82) is 5.26 Å². The number of nitrogens with one attached hydrogen (secondary N) is 3. The van der Waals surface area contributed by atoms with Crippen molar-refractivity contribution in [3.8, 4) is 6.07 Å². The van der Waals surface area contributed by atoms with Crippen molar-refractivity contribution in [3.63, 3.8) is 0 Å². The lowest BCUT2D eigenvalue weighted by molar-refractivity contribution is -0.133. The van der Waals surface area contributed by atoms with Crippen molar-refractivity contribution in [2.24, 2.45) is 5.73 Å². The molecule has 0 bridgehead atoms. The molecule has 2 saturated heterocycles. The summed E-state index contributed by atoms with van der Waals surface area (Å²) < 4.78 is 14.9. The third-order valence-corrected chi connectivity index (χ3v) is 7.05. The van der Waals surface area contributed by atoms with E-state index in [1.807, 2.05) is 6.07 Å². The number of hydrazine groups is 2. The van der Waals surface area contributed by atoms with Crippen LogP contribution in [0.5, 0.6) is 0 Å². The molecule has 0 aromatic heterocycles. The van der Waals surface area contributed by atoms with Crippen LogP contribution in [0, 0.1) is 24.1 Å². The molecule has 2 aromatic carbocycles. The van der Waals surface area contributed by atoms with Crippen molar-refractivity contribution in [2.45, 2.75) is 57.4 Å². The van der Waals surface area contributed by atoms with E-state index in [1.54, 1.807) is 24.8 Å². The topological polar surface area (TPSA) is 127 Å². The summed E-state index contributed by atoms with van der Waals surface area (Å²) in [5.41, 5.74) is 19.6. The second kappa shape index (κ2) is 9.02. The van der Waals surface area contributed by atoms with Gasteiger partial charge in [0.2, 0.25) is 11.8 Å². The summed E-state index contributed by atoms with van der Waals surface area (Å²) >= 11 is 0. The lowest BCUT2D eigenvalue weighted by Gasteiger charge is -2.38. The summed E-state index contributed by atoms with van der Waals surface area (Å²) in [6.45, 7) is 4.53. The summed E-state index contributed by atoms with van der Waals surface area (Å²) in [5, 5.41) is 10.4. The molecule has 9 nitrogen and oxygen atoms in total. The highest BCUT2D eigenvalue weighted by Crippen LogP contribution is 2.33. The van der Waals surface area contributed by atoms with Crippen LogP contribution in [0.1, 0.15) is 47.2 Å². The van der Waals surface area contributed by atoms with Gasteiger partial charge >= 0.3 is 0 Å². The summed E-state index contributed by atoms with van der Waals surface area (Å²) in [6.07, 6.45) is 0.954. The number of carbonyl (C=O) groups is 2. The fraction of sp³-hybridized carbons (Fsp3) is 0.400. The van der Waals surface area contributed by atoms with Gasteiger partial charge in [0.05, 0.1) is 35.4 Å². The molecular formula is C25H28FN7O2. The SMILES string of the molecule is Cc1cc(C#N)cc(F)c1N1NC2C(CC1=O)NNC2c1ccc2c(c1)CN(C(=O)[C@H](C)N)CC2. The number of fused-ring (bicyclic) bond motifs is 2. The van der Waals surface area contributed by atoms with Crippen LogP contribution in [0.15, 0.2) is 30.3 Å². The van der Waals surface area contributed by atoms with Crippen molar-refractivity contribution in [3.05, 3.63) is 64.0 Å². The number of aryl methyl sites for hydroxylation is 1. The minimum Gasteiger partial charge on any atom is -0.337 e. The number of carbonyl (C=O) groups excluding carboxylic acids is 2. The Labute approximate surface area is 203 Å². The molecule has 3 heterocycles. The van der Waals surface area contributed by atoms with Crippen LogP contribution >= 0.6 is 0 Å². The fourth-order valence-electron chi connectivity index (χ4n) is 5.26. The Hall–Kier alpha value is -3.36. The largest absolute Gasteiger partial charge is 0.337 e. The van der Waals surface area contributed by atoms with E-state index >= 15 is 0 Å². The Morgan fingerprint density at radius 1 is 1.26 bits per heavy atom. The van der Waals surface area contributed by atoms with E-state index in [0.29, 0.717) is 18.7 Å². The number of hydrogen-bond donors (Lipinski definition) is 4. The molecule has 0 spiro atoms. The normalized spacial score (nSPS) is 24.5. The first-order valence-corrected chi connectivity index (χ1v) is 11.7. The Balaban J connectivity index is 1.41. The first-order chi connectivity index (χ1) is 16.8. The van der Waals surface area contributed by atoms with Gasteiger partial charge in [-0.3, -0.25) is 15.0 Å². The third-order valence-electron chi connectivity index (χ3n) is 7.05. The zero-order valence-electron chi connectivity index (χ0n) is 19.6. The summed E-state index contributed by atoms with van der Waals surface area (Å²) in [6, 6.07) is 9.74. The number of nitrogens with two attached hydrogens (primary N) is 1. The number of anilines is 1. The van der Waals surface area contributed by atoms with Gasteiger partial charge in [0.1, 0.15) is 5.82 Å². The van der Waals surface area contributed by atoms with Gasteiger partial charge in [0, 0.05) is 25.6 Å². The molecule has 0 radical (unpaired) electrons. The van der Waals surface area contributed by atoms with E-state index in [2.05, 4.69) is 34.5 Å². The molecule has 2 aromatic rings. The molecule has 3 unspecified atom stereocenters. The number of nitriles is 1. The summed E-state index contributed by atoms with van der Waals surface area (Å²) in [4.78, 5) is 27.1. The van der Waals surface area contributed by atoms with E-state index < -0.39 is 11.9 Å². The zero-order valence-corrected chi connectivity index (χ0v) is 19.6. The average molecular weight is 478 g/mol. The quantitative estimate of drug-likeness (QED) is 0.521. The molecular weight excluding hydrogens is 449 g/mol. The van der Waals surface area contributed by atoms with Crippen LogP contribution < -0.4 is 27.0 Å². The number of amides is 2. The third kappa shape index (κ3) is 4.17. The highest BCUT2D eigenvalue weighted by Gasteiger charge is 2.44. The number of rotatable bonds is 3. The molecule has 5 rings (SSSR count). The lowest BCUT2D eigenvalue weighted by atomic mass is 9.89. The standard InChI is InChI=1S/C25H28FN7O2/c1-13-7-15(11-27)8-19(26)24(13)33-21(34)10-20-23(31-33)22(30-29-20)17-4-3-16-5-6-32(12-18(16)9-17)25(35)14(2)28/h3-4,7-9,14,20,22-23,29-31H,5-6,10,12,28H2,1-2H3/t14-,20?,22?,23?/m0/s1. The highest BCUT2D eigenvalue weighted by atomic mass is 19.1. The van der Waals surface area contributed by atoms with Crippen LogP contribution in [0.2, 0.25) is 0 Å². The molecule has 0 aliphatic carbocycles. The van der Waals surface area contributed by atoms with Crippen LogP contribution in [-0.4, -0.2) is 41.4 Å². The van der Waals surface area contributed by atoms with Gasteiger partial charge in [-0.25, -0.2) is 20.3 Å². The molecule has 10 heteroatoms. The Bertz CT molecular complexity index is 1220. The van der Waals surface area contributed by atoms with Crippen LogP contribution in [-0.2, 0) is 22.6 Å². The summed E-state index contributed by atoms with van der Waals surface area (Å²) in [5.74, 6) is -0.947. The first kappa shape index (κ1) is 23.4. The first-order valence-electron chi connectivity index (χ1n) is 11.7. The monoisotopic (exact) mass is 477 g/mol. The zero-order chi connectivity index (χ0) is 24.9. The van der Waals surface area contributed by atoms with Crippen molar-refractivity contribution >= 4 is 17.5 Å². The van der Waals surface area contributed by atoms with Gasteiger partial charge in [-0.1, -0.05) is 18.2 Å². The van der Waals surface area contributed by atoms with Crippen molar-refractivity contribution in [2.75, 3.05) is 11.6 Å². The van der Waals surface area contributed by atoms with Gasteiger partial charge in [-0.2, -0.15) is 5.26 Å². The van der Waals surface area contributed by atoms with Gasteiger partial charge in [-0.15, -0.1) is 0 Å². The number of benzene rings is 2. The van der Waals surface area contributed by atoms with Gasteiger partial charge in [0.15, 0.2) is 0 Å². The molecule has 182 valence electrons. The van der Waals surface area contributed by atoms with Crippen molar-refractivity contribution in [1.82, 2.24) is 21.2 Å². The van der Waals surface area contributed by atoms with E-state index in [0.717, 1.165) is 23.6 Å². The molecule has 2 fully saturated rings. The van der Waals surface area contributed by atoms with E-state index in [4.69, 9.17) is 11.0 Å². The van der Waals surface area contributed by atoms with Gasteiger partial charge in [0.25, 0.3) is 0 Å². The van der Waals surface area contributed by atoms with E-state index in [-0.39, 0.29) is 47.6 Å². The molecule has 0 saturated carbocycles. The molecule has 3 aliphatic rings. The molecule has 2 amide bonds. The summed E-state index contributed by atoms with van der Waals surface area (Å²) in [7, 11) is 0. The number of nitrogens with zero attached hydrogens (tertiary/aromatic N) is 3. The Morgan fingerprint density at radius 2 is 2.06 bits per heavy atom. The lowest BCUT2D eigenvalue weighted by Crippen LogP contribution is -2.60. The molecule has 35 heavy (non-hydrogen) atoms. The van der Waals surface area contributed by atoms with E-state index in [9.17, 15) is 14.0 Å². The van der Waals surface area contributed by atoms with Crippen LogP contribution in [0.4, 0.5) is 10.1 Å². The molecule has 4 atom stereocenters. The van der Waals surface area contributed by atoms with Gasteiger partial charge < -0.3 is 10.6 Å². The van der Waals surface area contributed by atoms with E-state index in [1.165, 1.54) is 10.6 Å². The van der Waals surface area contributed by atoms with Crippen LogP contribution in [0.3, 0.4) is 0 Å². The average Bonchev–Trinajstić information content (AvgIpc) is 3.24. The van der Waals surface area contributed by atoms with Gasteiger partial charge in [-0.05, 0) is 54.7 Å². The highest BCUT2D eigenvalue weighted by molar-refractivity contribution is 5.95. The minimum absolute atomic E-state index is 0.0651. The predicted molar refractivity (Wildman–Crippen MR) is 127 cm³/mol. The maximum atomic E-state index is 14.9. The Morgan fingerprint density at radius 3 is 2.77 bits per heavy atom. The Kier molecular flexibility index (Phi) is 6.02. The number of hydrogen-bond acceptors (Lipinski definition) is 7.